The molecule has 0 saturated heterocycles. The standard InChI is InChI=1S/C25H36N6O/c1-17-8-4-5-9-18(17)16-31(24(26)32)20-14-12-19(13-15-20)27-25-28-22-11-7-6-10-21(22)23(29-25)30(2)3/h4-5,8-9,19-20H,6-7,10-16H2,1-3H3,(H2,26,32)(H,27,28,29). The summed E-state index contributed by atoms with van der Waals surface area (Å²) in [5.41, 5.74) is 10.6. The van der Waals surface area contributed by atoms with Crippen molar-refractivity contribution >= 4 is 17.8 Å². The number of urea groups is 1. The Morgan fingerprint density at radius 2 is 1.81 bits per heavy atom. The molecule has 2 amide bonds. The summed E-state index contributed by atoms with van der Waals surface area (Å²) in [7, 11) is 4.11. The minimum atomic E-state index is -0.335. The van der Waals surface area contributed by atoms with Crippen LogP contribution in [0.1, 0.15) is 60.9 Å². The Kier molecular flexibility index (Phi) is 6.82. The van der Waals surface area contributed by atoms with Gasteiger partial charge in [-0.05, 0) is 69.4 Å². The van der Waals surface area contributed by atoms with Crippen LogP contribution in [-0.4, -0.2) is 47.1 Å². The summed E-state index contributed by atoms with van der Waals surface area (Å²) in [6.45, 7) is 2.65. The lowest BCUT2D eigenvalue weighted by Gasteiger charge is -2.36. The first-order valence-corrected chi connectivity index (χ1v) is 11.9. The van der Waals surface area contributed by atoms with Gasteiger partial charge in [0, 0.05) is 38.3 Å². The monoisotopic (exact) mass is 436 g/mol. The Hall–Kier alpha value is -2.83. The summed E-state index contributed by atoms with van der Waals surface area (Å²) >= 11 is 0. The maximum absolute atomic E-state index is 12.2. The molecule has 1 aromatic carbocycles. The van der Waals surface area contributed by atoms with E-state index in [0.29, 0.717) is 12.6 Å². The fourth-order valence-corrected chi connectivity index (χ4v) is 5.08. The number of aryl methyl sites for hydroxylation is 2. The molecular weight excluding hydrogens is 400 g/mol. The van der Waals surface area contributed by atoms with E-state index in [9.17, 15) is 4.79 Å². The number of nitrogens with zero attached hydrogens (tertiary/aromatic N) is 4. The van der Waals surface area contributed by atoms with Crippen molar-refractivity contribution in [1.29, 1.82) is 0 Å². The molecule has 7 nitrogen and oxygen atoms in total. The second kappa shape index (κ2) is 9.76. The average molecular weight is 437 g/mol. The van der Waals surface area contributed by atoms with Crippen molar-refractivity contribution in [1.82, 2.24) is 14.9 Å². The smallest absolute Gasteiger partial charge is 0.315 e. The molecule has 1 heterocycles. The van der Waals surface area contributed by atoms with Gasteiger partial charge in [0.05, 0.1) is 5.69 Å². The molecule has 0 unspecified atom stereocenters. The number of primary amides is 1. The van der Waals surface area contributed by atoms with Gasteiger partial charge in [-0.3, -0.25) is 0 Å². The normalized spacial score (nSPS) is 20.3. The number of anilines is 2. The van der Waals surface area contributed by atoms with Crippen LogP contribution in [0.3, 0.4) is 0 Å². The van der Waals surface area contributed by atoms with Crippen molar-refractivity contribution in [2.24, 2.45) is 5.73 Å². The molecule has 0 aliphatic heterocycles. The predicted octanol–water partition coefficient (Wildman–Crippen LogP) is 4.03. The second-order valence-corrected chi connectivity index (χ2v) is 9.44. The van der Waals surface area contributed by atoms with E-state index in [1.54, 1.807) is 0 Å². The van der Waals surface area contributed by atoms with E-state index in [4.69, 9.17) is 15.7 Å². The molecule has 2 aliphatic carbocycles. The first kappa shape index (κ1) is 22.4. The average Bonchev–Trinajstić information content (AvgIpc) is 2.78. The molecule has 4 rings (SSSR count). The lowest BCUT2D eigenvalue weighted by Crippen LogP contribution is -2.46. The third-order valence-electron chi connectivity index (χ3n) is 6.94. The van der Waals surface area contributed by atoms with E-state index >= 15 is 0 Å². The molecule has 32 heavy (non-hydrogen) atoms. The third-order valence-corrected chi connectivity index (χ3v) is 6.94. The van der Waals surface area contributed by atoms with Crippen molar-refractivity contribution in [2.45, 2.75) is 76.9 Å². The summed E-state index contributed by atoms with van der Waals surface area (Å²) in [6, 6.07) is 8.35. The van der Waals surface area contributed by atoms with Crippen LogP contribution in [0, 0.1) is 6.92 Å². The highest BCUT2D eigenvalue weighted by atomic mass is 16.2. The van der Waals surface area contributed by atoms with Gasteiger partial charge in [-0.25, -0.2) is 9.78 Å². The minimum absolute atomic E-state index is 0.173. The van der Waals surface area contributed by atoms with E-state index in [0.717, 1.165) is 55.9 Å². The fourth-order valence-electron chi connectivity index (χ4n) is 5.08. The highest BCUT2D eigenvalue weighted by Crippen LogP contribution is 2.30. The summed E-state index contributed by atoms with van der Waals surface area (Å²) in [5, 5.41) is 3.59. The third kappa shape index (κ3) is 4.97. The number of benzene rings is 1. The maximum atomic E-state index is 12.2. The second-order valence-electron chi connectivity index (χ2n) is 9.44. The Labute approximate surface area is 191 Å². The lowest BCUT2D eigenvalue weighted by atomic mass is 9.90. The number of carbonyl (C=O) groups excluding carboxylic acids is 1. The summed E-state index contributed by atoms with van der Waals surface area (Å²) in [6.07, 6.45) is 8.32. The van der Waals surface area contributed by atoms with Crippen molar-refractivity contribution in [3.8, 4) is 0 Å². The Balaban J connectivity index is 1.41. The van der Waals surface area contributed by atoms with Gasteiger partial charge in [-0.15, -0.1) is 0 Å². The highest BCUT2D eigenvalue weighted by Gasteiger charge is 2.29. The number of hydrogen-bond acceptors (Lipinski definition) is 5. The Morgan fingerprint density at radius 1 is 1.09 bits per heavy atom. The van der Waals surface area contributed by atoms with Crippen LogP contribution in [0.2, 0.25) is 0 Å². The van der Waals surface area contributed by atoms with Crippen molar-refractivity contribution < 1.29 is 4.79 Å². The number of nitrogens with two attached hydrogens (primary N) is 1. The molecule has 1 saturated carbocycles. The van der Waals surface area contributed by atoms with E-state index in [2.05, 4.69) is 43.4 Å². The number of amides is 2. The fraction of sp³-hybridized carbons (Fsp3) is 0.560. The first-order valence-electron chi connectivity index (χ1n) is 11.9. The minimum Gasteiger partial charge on any atom is -0.362 e. The van der Waals surface area contributed by atoms with Crippen LogP contribution >= 0.6 is 0 Å². The van der Waals surface area contributed by atoms with Gasteiger partial charge in [0.1, 0.15) is 5.82 Å². The number of fused-ring (bicyclic) bond motifs is 1. The van der Waals surface area contributed by atoms with Gasteiger partial charge in [-0.2, -0.15) is 4.98 Å². The molecule has 0 bridgehead atoms. The molecule has 2 aliphatic rings. The van der Waals surface area contributed by atoms with Gasteiger partial charge >= 0.3 is 6.03 Å². The van der Waals surface area contributed by atoms with E-state index in [-0.39, 0.29) is 12.1 Å². The van der Waals surface area contributed by atoms with E-state index in [1.807, 2.05) is 17.0 Å². The van der Waals surface area contributed by atoms with Crippen LogP contribution in [0.5, 0.6) is 0 Å². The van der Waals surface area contributed by atoms with Gasteiger partial charge in [0.25, 0.3) is 0 Å². The zero-order chi connectivity index (χ0) is 22.7. The molecule has 0 atom stereocenters. The van der Waals surface area contributed by atoms with Gasteiger partial charge in [0.15, 0.2) is 0 Å². The van der Waals surface area contributed by atoms with E-state index < -0.39 is 0 Å². The number of nitrogens with one attached hydrogen (secondary N) is 1. The summed E-state index contributed by atoms with van der Waals surface area (Å²) in [5.74, 6) is 1.79. The molecular formula is C25H36N6O. The quantitative estimate of drug-likeness (QED) is 0.714. The van der Waals surface area contributed by atoms with Crippen LogP contribution in [0.15, 0.2) is 24.3 Å². The predicted molar refractivity (Wildman–Crippen MR) is 129 cm³/mol. The van der Waals surface area contributed by atoms with Gasteiger partial charge in [-0.1, -0.05) is 24.3 Å². The number of aromatic nitrogens is 2. The van der Waals surface area contributed by atoms with Gasteiger partial charge in [0.2, 0.25) is 5.95 Å². The molecule has 1 fully saturated rings. The lowest BCUT2D eigenvalue weighted by molar-refractivity contribution is 0.156. The Bertz CT molecular complexity index is 951. The first-order chi connectivity index (χ1) is 15.4. The summed E-state index contributed by atoms with van der Waals surface area (Å²) in [4.78, 5) is 25.9. The molecule has 0 spiro atoms. The number of rotatable bonds is 6. The van der Waals surface area contributed by atoms with Crippen molar-refractivity contribution in [3.05, 3.63) is 46.6 Å². The van der Waals surface area contributed by atoms with Crippen LogP contribution < -0.4 is 16.0 Å². The molecule has 3 N–H and O–H groups in total. The van der Waals surface area contributed by atoms with Gasteiger partial charge < -0.3 is 20.9 Å². The van der Waals surface area contributed by atoms with Crippen molar-refractivity contribution in [2.75, 3.05) is 24.3 Å². The summed E-state index contributed by atoms with van der Waals surface area (Å²) < 4.78 is 0. The molecule has 172 valence electrons. The SMILES string of the molecule is Cc1ccccc1CN(C(N)=O)C1CCC(Nc2nc3c(c(N(C)C)n2)CCCC3)CC1. The largest absolute Gasteiger partial charge is 0.362 e. The molecule has 1 aromatic heterocycles. The van der Waals surface area contributed by atoms with Crippen LogP contribution in [0.25, 0.3) is 0 Å². The van der Waals surface area contributed by atoms with Crippen LogP contribution in [0.4, 0.5) is 16.6 Å². The topological polar surface area (TPSA) is 87.4 Å². The number of hydrogen-bond donors (Lipinski definition) is 2. The molecule has 7 heteroatoms. The number of carbonyl (C=O) groups is 1. The highest BCUT2D eigenvalue weighted by molar-refractivity contribution is 5.72. The van der Waals surface area contributed by atoms with Crippen molar-refractivity contribution in [3.63, 3.8) is 0 Å². The van der Waals surface area contributed by atoms with E-state index in [1.165, 1.54) is 29.7 Å². The zero-order valence-corrected chi connectivity index (χ0v) is 19.6. The van der Waals surface area contributed by atoms with Crippen LogP contribution in [-0.2, 0) is 19.4 Å². The Morgan fingerprint density at radius 3 is 2.50 bits per heavy atom. The molecule has 2 aromatic rings. The zero-order valence-electron chi connectivity index (χ0n) is 19.6. The molecule has 0 radical (unpaired) electrons. The maximum Gasteiger partial charge on any atom is 0.315 e.